The molecule has 1 atom stereocenters. The molecule has 0 saturated heterocycles. The Hall–Kier alpha value is -1.75. The van der Waals surface area contributed by atoms with Crippen LogP contribution < -0.4 is 5.32 Å². The maximum atomic E-state index is 11.2. The lowest BCUT2D eigenvalue weighted by atomic mass is 10.0. The molecule has 0 aromatic heterocycles. The second kappa shape index (κ2) is 16.2. The minimum absolute atomic E-state index is 0.318. The molecule has 0 aliphatic rings. The van der Waals surface area contributed by atoms with Crippen LogP contribution in [0, 0.1) is 0 Å². The van der Waals surface area contributed by atoms with E-state index >= 15 is 0 Å². The molecule has 28 heavy (non-hydrogen) atoms. The third kappa shape index (κ3) is 15.3. The molecule has 0 unspecified atom stereocenters. The Labute approximate surface area is 175 Å². The van der Waals surface area contributed by atoms with Gasteiger partial charge < -0.3 is 10.4 Å². The van der Waals surface area contributed by atoms with Crippen LogP contribution in [-0.2, 0) is 9.59 Å². The topological polar surface area (TPSA) is 66.4 Å². The summed E-state index contributed by atoms with van der Waals surface area (Å²) in [6, 6.07) is -0.834. The van der Waals surface area contributed by atoms with Gasteiger partial charge in [0.15, 0.2) is 0 Å². The first kappa shape index (κ1) is 26.2. The molecule has 0 aromatic rings. The van der Waals surface area contributed by atoms with E-state index in [1.807, 2.05) is 6.08 Å². The van der Waals surface area contributed by atoms with Gasteiger partial charge in [0.25, 0.3) is 0 Å². The number of allylic oxidation sites excluding steroid dienone is 6. The summed E-state index contributed by atoms with van der Waals surface area (Å²) in [7, 11) is 0. The number of aliphatic carboxylic acids is 1. The summed E-state index contributed by atoms with van der Waals surface area (Å²) in [5.41, 5.74) is 4.17. The second-order valence-electron chi connectivity index (χ2n) is 7.23. The third-order valence-corrected chi connectivity index (χ3v) is 5.14. The van der Waals surface area contributed by atoms with Crippen LogP contribution in [0.2, 0.25) is 0 Å². The summed E-state index contributed by atoms with van der Waals surface area (Å²) in [5, 5.41) is 11.6. The highest BCUT2D eigenvalue weighted by molar-refractivity contribution is 7.99. The van der Waals surface area contributed by atoms with E-state index in [0.29, 0.717) is 5.75 Å². The SMILES string of the molecule is C=CCCC(=CCSC[C@H](NC(C)=O)C(=O)O)CCC=C(C)CCC=C(C)C. The molecule has 0 saturated carbocycles. The molecule has 0 fully saturated rings. The van der Waals surface area contributed by atoms with Crippen molar-refractivity contribution in [2.45, 2.75) is 72.3 Å². The van der Waals surface area contributed by atoms with Gasteiger partial charge in [-0.2, -0.15) is 11.8 Å². The van der Waals surface area contributed by atoms with Crippen molar-refractivity contribution in [3.05, 3.63) is 47.6 Å². The maximum Gasteiger partial charge on any atom is 0.327 e. The fraction of sp³-hybridized carbons (Fsp3) is 0.565. The van der Waals surface area contributed by atoms with Crippen LogP contribution in [0.25, 0.3) is 0 Å². The van der Waals surface area contributed by atoms with Gasteiger partial charge >= 0.3 is 5.97 Å². The Morgan fingerprint density at radius 3 is 2.21 bits per heavy atom. The number of hydrogen-bond acceptors (Lipinski definition) is 3. The number of carboxylic acid groups (broad SMARTS) is 1. The molecular formula is C23H37NO3S. The Kier molecular flexibility index (Phi) is 15.2. The Morgan fingerprint density at radius 2 is 1.64 bits per heavy atom. The highest BCUT2D eigenvalue weighted by Gasteiger charge is 2.17. The standard InChI is InChI=1S/C23H37NO3S/c1-6-7-13-21(14-9-12-19(4)11-8-10-18(2)3)15-16-28-17-22(23(26)27)24-20(5)25/h6,10,12,15,22H,1,7-9,11,13-14,16-17H2,2-5H3,(H,24,25)(H,26,27)/t22-/m0/s1. The first-order chi connectivity index (χ1) is 13.3. The monoisotopic (exact) mass is 407 g/mol. The third-order valence-electron chi connectivity index (χ3n) is 4.17. The molecule has 0 aliphatic carbocycles. The molecule has 0 bridgehead atoms. The fourth-order valence-corrected chi connectivity index (χ4v) is 3.55. The molecule has 158 valence electrons. The molecule has 0 rings (SSSR count). The van der Waals surface area contributed by atoms with Crippen molar-refractivity contribution in [1.29, 1.82) is 0 Å². The average Bonchev–Trinajstić information content (AvgIpc) is 2.60. The lowest BCUT2D eigenvalue weighted by Gasteiger charge is -2.12. The number of rotatable bonds is 15. The Morgan fingerprint density at radius 1 is 1.00 bits per heavy atom. The van der Waals surface area contributed by atoms with Crippen molar-refractivity contribution in [1.82, 2.24) is 5.32 Å². The first-order valence-corrected chi connectivity index (χ1v) is 11.1. The van der Waals surface area contributed by atoms with E-state index in [0.717, 1.165) is 44.3 Å². The van der Waals surface area contributed by atoms with Crippen LogP contribution in [0.3, 0.4) is 0 Å². The zero-order valence-corrected chi connectivity index (χ0v) is 18.7. The second-order valence-corrected chi connectivity index (χ2v) is 8.30. The highest BCUT2D eigenvalue weighted by Crippen LogP contribution is 2.17. The number of carbonyl (C=O) groups is 2. The molecule has 4 nitrogen and oxygen atoms in total. The zero-order valence-electron chi connectivity index (χ0n) is 17.9. The number of thioether (sulfide) groups is 1. The number of hydrogen-bond donors (Lipinski definition) is 2. The van der Waals surface area contributed by atoms with E-state index in [4.69, 9.17) is 5.11 Å². The average molecular weight is 408 g/mol. The quantitative estimate of drug-likeness (QED) is 0.271. The van der Waals surface area contributed by atoms with Gasteiger partial charge in [0.2, 0.25) is 5.91 Å². The predicted octanol–water partition coefficient (Wildman–Crippen LogP) is 5.67. The highest BCUT2D eigenvalue weighted by atomic mass is 32.2. The molecule has 5 heteroatoms. The first-order valence-electron chi connectivity index (χ1n) is 9.91. The number of carboxylic acids is 1. The maximum absolute atomic E-state index is 11.2. The van der Waals surface area contributed by atoms with Gasteiger partial charge in [-0.05, 0) is 59.3 Å². The molecule has 0 aliphatic heterocycles. The van der Waals surface area contributed by atoms with E-state index in [-0.39, 0.29) is 5.91 Å². The van der Waals surface area contributed by atoms with Crippen LogP contribution in [0.15, 0.2) is 47.6 Å². The number of nitrogens with one attached hydrogen (secondary N) is 1. The van der Waals surface area contributed by atoms with E-state index in [1.54, 1.807) is 0 Å². The number of amides is 1. The molecule has 0 spiro atoms. The van der Waals surface area contributed by atoms with Gasteiger partial charge in [0.1, 0.15) is 6.04 Å². The van der Waals surface area contributed by atoms with Gasteiger partial charge in [-0.25, -0.2) is 4.79 Å². The van der Waals surface area contributed by atoms with Crippen LogP contribution >= 0.6 is 11.8 Å². The molecule has 1 amide bonds. The largest absolute Gasteiger partial charge is 0.480 e. The van der Waals surface area contributed by atoms with E-state index in [9.17, 15) is 9.59 Å². The van der Waals surface area contributed by atoms with Crippen LogP contribution in [0.5, 0.6) is 0 Å². The normalized spacial score (nSPS) is 13.0. The van der Waals surface area contributed by atoms with Crippen molar-refractivity contribution in [3.63, 3.8) is 0 Å². The molecule has 0 heterocycles. The smallest absolute Gasteiger partial charge is 0.327 e. The van der Waals surface area contributed by atoms with Gasteiger partial charge in [-0.3, -0.25) is 4.79 Å². The molecule has 2 N–H and O–H groups in total. The lowest BCUT2D eigenvalue weighted by molar-refractivity contribution is -0.140. The summed E-state index contributed by atoms with van der Waals surface area (Å²) in [5.74, 6) is -0.197. The van der Waals surface area contributed by atoms with E-state index in [2.05, 4.69) is 50.9 Å². The summed E-state index contributed by atoms with van der Waals surface area (Å²) < 4.78 is 0. The lowest BCUT2D eigenvalue weighted by Crippen LogP contribution is -2.41. The zero-order chi connectivity index (χ0) is 21.4. The molecule has 0 aromatic carbocycles. The van der Waals surface area contributed by atoms with Gasteiger partial charge in [0.05, 0.1) is 0 Å². The minimum atomic E-state index is -0.993. The van der Waals surface area contributed by atoms with Crippen molar-refractivity contribution in [3.8, 4) is 0 Å². The van der Waals surface area contributed by atoms with Crippen LogP contribution in [0.4, 0.5) is 0 Å². The van der Waals surface area contributed by atoms with Gasteiger partial charge in [-0.1, -0.05) is 41.0 Å². The van der Waals surface area contributed by atoms with E-state index < -0.39 is 12.0 Å². The van der Waals surface area contributed by atoms with Crippen molar-refractivity contribution >= 4 is 23.6 Å². The minimum Gasteiger partial charge on any atom is -0.480 e. The number of carbonyl (C=O) groups excluding carboxylic acids is 1. The van der Waals surface area contributed by atoms with Crippen molar-refractivity contribution < 1.29 is 14.7 Å². The van der Waals surface area contributed by atoms with Crippen LogP contribution in [-0.4, -0.2) is 34.5 Å². The van der Waals surface area contributed by atoms with E-state index in [1.165, 1.54) is 35.4 Å². The summed E-state index contributed by atoms with van der Waals surface area (Å²) in [6.45, 7) is 11.6. The summed E-state index contributed by atoms with van der Waals surface area (Å²) in [4.78, 5) is 22.2. The fourth-order valence-electron chi connectivity index (χ4n) is 2.59. The van der Waals surface area contributed by atoms with Crippen molar-refractivity contribution in [2.24, 2.45) is 0 Å². The molecule has 0 radical (unpaired) electrons. The van der Waals surface area contributed by atoms with Gasteiger partial charge in [0, 0.05) is 18.4 Å². The van der Waals surface area contributed by atoms with Crippen molar-refractivity contribution in [2.75, 3.05) is 11.5 Å². The Balaban J connectivity index is 4.51. The summed E-state index contributed by atoms with van der Waals surface area (Å²) in [6.07, 6.45) is 14.9. The summed E-state index contributed by atoms with van der Waals surface area (Å²) >= 11 is 1.53. The van der Waals surface area contributed by atoms with Gasteiger partial charge in [-0.15, -0.1) is 6.58 Å². The van der Waals surface area contributed by atoms with Crippen LogP contribution in [0.1, 0.15) is 66.2 Å². The Bertz CT molecular complexity index is 587. The predicted molar refractivity (Wildman–Crippen MR) is 122 cm³/mol. The molecular weight excluding hydrogens is 370 g/mol.